The van der Waals surface area contributed by atoms with Crippen LogP contribution in [0.5, 0.6) is 5.88 Å². The molecule has 0 atom stereocenters. The zero-order valence-electron chi connectivity index (χ0n) is 8.28. The van der Waals surface area contributed by atoms with Crippen LogP contribution in [0.25, 0.3) is 0 Å². The largest absolute Gasteiger partial charge is 0.477 e. The Bertz CT molecular complexity index is 297. The fourth-order valence-corrected chi connectivity index (χ4v) is 1.57. The number of aromatic nitrogens is 1. The minimum Gasteiger partial charge on any atom is -0.477 e. The highest BCUT2D eigenvalue weighted by atomic mass is 16.5. The van der Waals surface area contributed by atoms with E-state index in [2.05, 4.69) is 4.98 Å². The third-order valence-electron chi connectivity index (χ3n) is 2.75. The van der Waals surface area contributed by atoms with Crippen LogP contribution in [0.4, 0.5) is 0 Å². The quantitative estimate of drug-likeness (QED) is 0.790. The molecule has 1 saturated carbocycles. The summed E-state index contributed by atoms with van der Waals surface area (Å²) in [5.41, 5.74) is 6.58. The Morgan fingerprint density at radius 1 is 1.50 bits per heavy atom. The lowest BCUT2D eigenvalue weighted by molar-refractivity contribution is 0.174. The lowest BCUT2D eigenvalue weighted by Crippen LogP contribution is -2.20. The molecule has 1 aromatic rings. The molecule has 14 heavy (non-hydrogen) atoms. The summed E-state index contributed by atoms with van der Waals surface area (Å²) in [7, 11) is 0. The second-order valence-electron chi connectivity index (χ2n) is 3.78. The number of rotatable bonds is 4. The summed E-state index contributed by atoms with van der Waals surface area (Å²) in [6, 6.07) is 3.85. The van der Waals surface area contributed by atoms with Gasteiger partial charge in [-0.15, -0.1) is 0 Å². The first kappa shape index (κ1) is 9.46. The minimum atomic E-state index is 0.494. The Labute approximate surface area is 84.3 Å². The van der Waals surface area contributed by atoms with E-state index in [1.807, 2.05) is 12.1 Å². The predicted octanol–water partition coefficient (Wildman–Crippen LogP) is 1.72. The normalized spacial score (nSPS) is 16.4. The summed E-state index contributed by atoms with van der Waals surface area (Å²) < 4.78 is 5.64. The zero-order valence-corrected chi connectivity index (χ0v) is 8.28. The van der Waals surface area contributed by atoms with Crippen molar-refractivity contribution in [3.05, 3.63) is 23.9 Å². The summed E-state index contributed by atoms with van der Waals surface area (Å²) in [5, 5.41) is 0. The van der Waals surface area contributed by atoms with E-state index >= 15 is 0 Å². The molecule has 2 N–H and O–H groups in total. The summed E-state index contributed by atoms with van der Waals surface area (Å²) >= 11 is 0. The first-order valence-electron chi connectivity index (χ1n) is 5.17. The van der Waals surface area contributed by atoms with Crippen LogP contribution < -0.4 is 10.5 Å². The van der Waals surface area contributed by atoms with Crippen molar-refractivity contribution in [2.45, 2.75) is 25.8 Å². The van der Waals surface area contributed by atoms with Gasteiger partial charge < -0.3 is 10.5 Å². The first-order chi connectivity index (χ1) is 6.90. The molecule has 2 rings (SSSR count). The van der Waals surface area contributed by atoms with Crippen molar-refractivity contribution >= 4 is 0 Å². The third kappa shape index (κ3) is 2.04. The van der Waals surface area contributed by atoms with Crippen molar-refractivity contribution in [1.82, 2.24) is 4.98 Å². The monoisotopic (exact) mass is 192 g/mol. The molecule has 1 aliphatic rings. The molecule has 3 nitrogen and oxygen atoms in total. The lowest BCUT2D eigenvalue weighted by atomic mass is 9.86. The van der Waals surface area contributed by atoms with Gasteiger partial charge >= 0.3 is 0 Å². The van der Waals surface area contributed by atoms with Gasteiger partial charge in [-0.05, 0) is 24.8 Å². The van der Waals surface area contributed by atoms with Crippen LogP contribution in [0.15, 0.2) is 18.3 Å². The van der Waals surface area contributed by atoms with Gasteiger partial charge in [0, 0.05) is 18.3 Å². The van der Waals surface area contributed by atoms with Gasteiger partial charge in [-0.2, -0.15) is 0 Å². The van der Waals surface area contributed by atoms with Crippen LogP contribution in [0.2, 0.25) is 0 Å². The Balaban J connectivity index is 1.93. The van der Waals surface area contributed by atoms with Crippen LogP contribution in [0.1, 0.15) is 24.8 Å². The van der Waals surface area contributed by atoms with Gasteiger partial charge in [0.1, 0.15) is 0 Å². The van der Waals surface area contributed by atoms with Crippen LogP contribution >= 0.6 is 0 Å². The van der Waals surface area contributed by atoms with Gasteiger partial charge in [0.15, 0.2) is 0 Å². The Hall–Kier alpha value is -1.09. The molecule has 0 aromatic carbocycles. The molecule has 0 aliphatic heterocycles. The van der Waals surface area contributed by atoms with Crippen LogP contribution in [0.3, 0.4) is 0 Å². The van der Waals surface area contributed by atoms with E-state index in [0.29, 0.717) is 12.4 Å². The summed E-state index contributed by atoms with van der Waals surface area (Å²) in [6.45, 7) is 1.29. The highest BCUT2D eigenvalue weighted by molar-refractivity contribution is 5.24. The number of hydrogen-bond donors (Lipinski definition) is 1. The zero-order chi connectivity index (χ0) is 9.80. The van der Waals surface area contributed by atoms with Crippen LogP contribution in [-0.2, 0) is 6.54 Å². The van der Waals surface area contributed by atoms with Gasteiger partial charge in [0.2, 0.25) is 5.88 Å². The fraction of sp³-hybridized carbons (Fsp3) is 0.545. The molecule has 1 fully saturated rings. The molecule has 0 amide bonds. The number of hydrogen-bond acceptors (Lipinski definition) is 3. The van der Waals surface area contributed by atoms with E-state index < -0.39 is 0 Å². The molecule has 0 radical (unpaired) electrons. The average Bonchev–Trinajstić information content (AvgIpc) is 2.16. The standard InChI is InChI=1S/C11H16N2O/c12-7-10-5-2-6-13-11(10)14-8-9-3-1-4-9/h2,5-6,9H,1,3-4,7-8,12H2. The first-order valence-corrected chi connectivity index (χ1v) is 5.17. The average molecular weight is 192 g/mol. The maximum Gasteiger partial charge on any atom is 0.217 e. The number of ether oxygens (including phenoxy) is 1. The van der Waals surface area contributed by atoms with Crippen molar-refractivity contribution in [2.24, 2.45) is 11.7 Å². The maximum atomic E-state index is 5.64. The minimum absolute atomic E-state index is 0.494. The Morgan fingerprint density at radius 3 is 3.00 bits per heavy atom. The van der Waals surface area contributed by atoms with Gasteiger partial charge in [0.25, 0.3) is 0 Å². The van der Waals surface area contributed by atoms with Gasteiger partial charge in [-0.1, -0.05) is 12.5 Å². The molecule has 0 bridgehead atoms. The summed E-state index contributed by atoms with van der Waals surface area (Å²) in [4.78, 5) is 4.18. The van der Waals surface area contributed by atoms with Gasteiger partial charge in [-0.3, -0.25) is 0 Å². The molecular formula is C11H16N2O. The Morgan fingerprint density at radius 2 is 2.36 bits per heavy atom. The molecule has 1 aromatic heterocycles. The highest BCUT2D eigenvalue weighted by Crippen LogP contribution is 2.27. The highest BCUT2D eigenvalue weighted by Gasteiger charge is 2.18. The number of nitrogens with zero attached hydrogens (tertiary/aromatic N) is 1. The van der Waals surface area contributed by atoms with Crippen LogP contribution in [-0.4, -0.2) is 11.6 Å². The molecule has 0 spiro atoms. The second-order valence-corrected chi connectivity index (χ2v) is 3.78. The van der Waals surface area contributed by atoms with Gasteiger partial charge in [-0.25, -0.2) is 4.98 Å². The van der Waals surface area contributed by atoms with E-state index in [1.165, 1.54) is 19.3 Å². The Kier molecular flexibility index (Phi) is 2.99. The summed E-state index contributed by atoms with van der Waals surface area (Å²) in [5.74, 6) is 1.45. The fourth-order valence-electron chi connectivity index (χ4n) is 1.57. The second kappa shape index (κ2) is 4.42. The van der Waals surface area contributed by atoms with E-state index in [0.717, 1.165) is 18.1 Å². The van der Waals surface area contributed by atoms with Crippen molar-refractivity contribution in [3.8, 4) is 5.88 Å². The number of nitrogens with two attached hydrogens (primary N) is 1. The molecule has 3 heteroatoms. The molecular weight excluding hydrogens is 176 g/mol. The van der Waals surface area contributed by atoms with Crippen molar-refractivity contribution < 1.29 is 4.74 Å². The number of pyridine rings is 1. The van der Waals surface area contributed by atoms with Gasteiger partial charge in [0.05, 0.1) is 6.61 Å². The SMILES string of the molecule is NCc1cccnc1OCC1CCC1. The van der Waals surface area contributed by atoms with E-state index in [4.69, 9.17) is 10.5 Å². The maximum absolute atomic E-state index is 5.64. The van der Waals surface area contributed by atoms with Crippen LogP contribution in [0, 0.1) is 5.92 Å². The van der Waals surface area contributed by atoms with Crippen molar-refractivity contribution in [3.63, 3.8) is 0 Å². The molecule has 0 unspecified atom stereocenters. The molecule has 1 heterocycles. The predicted molar refractivity (Wildman–Crippen MR) is 55.0 cm³/mol. The molecule has 76 valence electrons. The van der Waals surface area contributed by atoms with E-state index in [9.17, 15) is 0 Å². The molecule has 0 saturated heterocycles. The van der Waals surface area contributed by atoms with E-state index in [1.54, 1.807) is 6.20 Å². The molecule has 1 aliphatic carbocycles. The smallest absolute Gasteiger partial charge is 0.217 e. The van der Waals surface area contributed by atoms with E-state index in [-0.39, 0.29) is 0 Å². The summed E-state index contributed by atoms with van der Waals surface area (Å²) in [6.07, 6.45) is 5.69. The lowest BCUT2D eigenvalue weighted by Gasteiger charge is -2.25. The third-order valence-corrected chi connectivity index (χ3v) is 2.75. The van der Waals surface area contributed by atoms with Crippen molar-refractivity contribution in [1.29, 1.82) is 0 Å². The van der Waals surface area contributed by atoms with Crippen molar-refractivity contribution in [2.75, 3.05) is 6.61 Å². The topological polar surface area (TPSA) is 48.1 Å².